The lowest BCUT2D eigenvalue weighted by molar-refractivity contribution is -0.137. The van der Waals surface area contributed by atoms with E-state index in [4.69, 9.17) is 5.73 Å². The highest BCUT2D eigenvalue weighted by Crippen LogP contribution is 2.33. The molecule has 0 atom stereocenters. The molecule has 0 saturated carbocycles. The van der Waals surface area contributed by atoms with Gasteiger partial charge >= 0.3 is 6.18 Å². The Hall–Kier alpha value is -1.50. The normalized spacial score (nSPS) is 12.0. The van der Waals surface area contributed by atoms with E-state index in [1.54, 1.807) is 6.08 Å². The second-order valence-electron chi connectivity index (χ2n) is 3.73. The molecule has 0 aliphatic carbocycles. The zero-order valence-electron chi connectivity index (χ0n) is 10.2. The molecular weight excluding hydrogens is 277 g/mol. The predicted octanol–water partition coefficient (Wildman–Crippen LogP) is 3.37. The van der Waals surface area contributed by atoms with E-state index >= 15 is 0 Å². The van der Waals surface area contributed by atoms with E-state index in [0.717, 1.165) is 6.07 Å². The third kappa shape index (κ3) is 5.34. The van der Waals surface area contributed by atoms with Crippen LogP contribution in [-0.4, -0.2) is 15.9 Å². The summed E-state index contributed by atoms with van der Waals surface area (Å²) in [4.78, 5) is 14.2. The predicted molar refractivity (Wildman–Crippen MR) is 70.4 cm³/mol. The van der Waals surface area contributed by atoms with E-state index in [9.17, 15) is 18.0 Å². The first kappa shape index (κ1) is 15.6. The van der Waals surface area contributed by atoms with Crippen LogP contribution in [0.4, 0.5) is 19.0 Å². The van der Waals surface area contributed by atoms with Crippen LogP contribution in [0.1, 0.15) is 24.5 Å². The Morgan fingerprint density at radius 2 is 2.21 bits per heavy atom. The van der Waals surface area contributed by atoms with Crippen LogP contribution in [0.5, 0.6) is 0 Å². The fourth-order valence-electron chi connectivity index (χ4n) is 1.30. The van der Waals surface area contributed by atoms with E-state index in [1.165, 1.54) is 31.0 Å². The highest BCUT2D eigenvalue weighted by atomic mass is 32.2. The Bertz CT molecular complexity index is 486. The minimum Gasteiger partial charge on any atom is -0.383 e. The summed E-state index contributed by atoms with van der Waals surface area (Å²) in [6, 6.07) is 0.955. The number of nitrogen functional groups attached to an aromatic ring is 1. The molecule has 1 rings (SSSR count). The van der Waals surface area contributed by atoms with Gasteiger partial charge < -0.3 is 5.73 Å². The van der Waals surface area contributed by atoms with Crippen LogP contribution in [0.3, 0.4) is 0 Å². The molecule has 1 aromatic heterocycles. The molecular formula is C12H13F3N2OS. The second kappa shape index (κ2) is 6.60. The molecule has 104 valence electrons. The average molecular weight is 290 g/mol. The lowest BCUT2D eigenvalue weighted by Crippen LogP contribution is -2.10. The molecule has 2 N–H and O–H groups in total. The number of rotatable bonds is 4. The van der Waals surface area contributed by atoms with E-state index < -0.39 is 17.6 Å². The maximum absolute atomic E-state index is 12.6. The molecule has 1 heterocycles. The van der Waals surface area contributed by atoms with Gasteiger partial charge in [-0.2, -0.15) is 13.2 Å². The first-order chi connectivity index (χ1) is 8.80. The van der Waals surface area contributed by atoms with Crippen molar-refractivity contribution in [2.24, 2.45) is 0 Å². The van der Waals surface area contributed by atoms with Crippen molar-refractivity contribution >= 4 is 28.8 Å². The number of nitrogens with two attached hydrogens (primary N) is 1. The number of hydrogen-bond acceptors (Lipinski definition) is 4. The van der Waals surface area contributed by atoms with E-state index in [1.807, 2.05) is 0 Å². The molecule has 1 aromatic rings. The van der Waals surface area contributed by atoms with Gasteiger partial charge in [0.15, 0.2) is 5.12 Å². The number of aromatic nitrogens is 1. The molecule has 0 fully saturated rings. The molecule has 0 spiro atoms. The zero-order chi connectivity index (χ0) is 14.5. The van der Waals surface area contributed by atoms with Crippen LogP contribution >= 0.6 is 11.8 Å². The minimum absolute atomic E-state index is 0.0157. The SMILES string of the molecule is CC(=O)SCCC=Cc1cnc(N)c(C(F)(F)F)c1. The molecule has 0 radical (unpaired) electrons. The molecule has 19 heavy (non-hydrogen) atoms. The van der Waals surface area contributed by atoms with Crippen molar-refractivity contribution in [1.29, 1.82) is 0 Å². The summed E-state index contributed by atoms with van der Waals surface area (Å²) in [5.41, 5.74) is 4.58. The van der Waals surface area contributed by atoms with Crippen LogP contribution in [-0.2, 0) is 11.0 Å². The summed E-state index contributed by atoms with van der Waals surface area (Å²) in [6.45, 7) is 1.47. The summed E-state index contributed by atoms with van der Waals surface area (Å²) in [5.74, 6) is 0.0668. The molecule has 0 saturated heterocycles. The lowest BCUT2D eigenvalue weighted by atomic mass is 10.1. The van der Waals surface area contributed by atoms with Gasteiger partial charge in [-0.3, -0.25) is 4.79 Å². The maximum atomic E-state index is 12.6. The number of carbonyl (C=O) groups excluding carboxylic acids is 1. The van der Waals surface area contributed by atoms with Crippen LogP contribution in [0.25, 0.3) is 6.08 Å². The molecule has 7 heteroatoms. The Morgan fingerprint density at radius 3 is 2.79 bits per heavy atom. The molecule has 0 bridgehead atoms. The van der Waals surface area contributed by atoms with E-state index in [-0.39, 0.29) is 5.12 Å². The van der Waals surface area contributed by atoms with Gasteiger partial charge in [-0.1, -0.05) is 23.9 Å². The number of thioether (sulfide) groups is 1. The molecule has 3 nitrogen and oxygen atoms in total. The number of nitrogens with zero attached hydrogens (tertiary/aromatic N) is 1. The van der Waals surface area contributed by atoms with Gasteiger partial charge in [0.1, 0.15) is 5.82 Å². The lowest BCUT2D eigenvalue weighted by Gasteiger charge is -2.09. The molecule has 0 aliphatic heterocycles. The minimum atomic E-state index is -4.51. The average Bonchev–Trinajstić information content (AvgIpc) is 2.28. The fraction of sp³-hybridized carbons (Fsp3) is 0.333. The highest BCUT2D eigenvalue weighted by Gasteiger charge is 2.33. The van der Waals surface area contributed by atoms with Gasteiger partial charge in [-0.25, -0.2) is 4.98 Å². The molecule has 0 unspecified atom stereocenters. The third-order valence-corrected chi connectivity index (χ3v) is 2.99. The Morgan fingerprint density at radius 1 is 1.53 bits per heavy atom. The number of allylic oxidation sites excluding steroid dienone is 1. The maximum Gasteiger partial charge on any atom is 0.419 e. The Kier molecular flexibility index (Phi) is 5.41. The van der Waals surface area contributed by atoms with Crippen molar-refractivity contribution in [3.63, 3.8) is 0 Å². The van der Waals surface area contributed by atoms with Crippen molar-refractivity contribution in [2.45, 2.75) is 19.5 Å². The summed E-state index contributed by atoms with van der Waals surface area (Å²) < 4.78 is 37.7. The number of carbonyl (C=O) groups is 1. The van der Waals surface area contributed by atoms with Crippen LogP contribution < -0.4 is 5.73 Å². The summed E-state index contributed by atoms with van der Waals surface area (Å²) in [7, 11) is 0. The van der Waals surface area contributed by atoms with Crippen molar-refractivity contribution in [1.82, 2.24) is 4.98 Å². The standard InChI is InChI=1S/C12H13F3N2OS/c1-8(18)19-5-3-2-4-9-6-10(12(13,14)15)11(16)17-7-9/h2,4,6-7H,3,5H2,1H3,(H2,16,17). The van der Waals surface area contributed by atoms with E-state index in [2.05, 4.69) is 4.98 Å². The van der Waals surface area contributed by atoms with Crippen molar-refractivity contribution in [3.05, 3.63) is 29.5 Å². The second-order valence-corrected chi connectivity index (χ2v) is 5.00. The summed E-state index contributed by atoms with van der Waals surface area (Å²) >= 11 is 1.17. The third-order valence-electron chi connectivity index (χ3n) is 2.15. The van der Waals surface area contributed by atoms with Crippen molar-refractivity contribution in [2.75, 3.05) is 11.5 Å². The van der Waals surface area contributed by atoms with Crippen molar-refractivity contribution < 1.29 is 18.0 Å². The van der Waals surface area contributed by atoms with Crippen LogP contribution in [0, 0.1) is 0 Å². The number of hydrogen-bond donors (Lipinski definition) is 1. The van der Waals surface area contributed by atoms with Crippen molar-refractivity contribution in [3.8, 4) is 0 Å². The van der Waals surface area contributed by atoms with Crippen LogP contribution in [0.15, 0.2) is 18.3 Å². The quantitative estimate of drug-likeness (QED) is 0.864. The largest absolute Gasteiger partial charge is 0.419 e. The van der Waals surface area contributed by atoms with Gasteiger partial charge in [0.05, 0.1) is 5.56 Å². The zero-order valence-corrected chi connectivity index (χ0v) is 11.0. The van der Waals surface area contributed by atoms with Crippen LogP contribution in [0.2, 0.25) is 0 Å². The van der Waals surface area contributed by atoms with Gasteiger partial charge in [0, 0.05) is 18.9 Å². The van der Waals surface area contributed by atoms with E-state index in [0.29, 0.717) is 17.7 Å². The fourth-order valence-corrected chi connectivity index (χ4v) is 1.84. The first-order valence-electron chi connectivity index (χ1n) is 5.43. The molecule has 0 amide bonds. The summed E-state index contributed by atoms with van der Waals surface area (Å²) in [6.07, 6.45) is 0.590. The number of anilines is 1. The first-order valence-corrected chi connectivity index (χ1v) is 6.42. The van der Waals surface area contributed by atoms with Gasteiger partial charge in [-0.05, 0) is 18.1 Å². The molecule has 0 aliphatic rings. The number of halogens is 3. The number of alkyl halides is 3. The van der Waals surface area contributed by atoms with Gasteiger partial charge in [0.25, 0.3) is 0 Å². The smallest absolute Gasteiger partial charge is 0.383 e. The summed E-state index contributed by atoms with van der Waals surface area (Å²) in [5, 5.41) is 0.0157. The Balaban J connectivity index is 2.70. The topological polar surface area (TPSA) is 56.0 Å². The molecule has 0 aromatic carbocycles. The van der Waals surface area contributed by atoms with Gasteiger partial charge in [0.2, 0.25) is 0 Å². The monoisotopic (exact) mass is 290 g/mol. The number of pyridine rings is 1. The van der Waals surface area contributed by atoms with Gasteiger partial charge in [-0.15, -0.1) is 0 Å². The Labute approximate surface area is 113 Å². The highest BCUT2D eigenvalue weighted by molar-refractivity contribution is 8.13.